The highest BCUT2D eigenvalue weighted by Gasteiger charge is 2.39. The minimum absolute atomic E-state index is 0.0848. The first kappa shape index (κ1) is 18.5. The van der Waals surface area contributed by atoms with E-state index in [0.29, 0.717) is 23.1 Å². The van der Waals surface area contributed by atoms with E-state index in [1.165, 1.54) is 12.1 Å². The van der Waals surface area contributed by atoms with Crippen molar-refractivity contribution in [3.8, 4) is 11.3 Å². The Morgan fingerprint density at radius 2 is 1.93 bits per heavy atom. The van der Waals surface area contributed by atoms with Gasteiger partial charge in [0, 0.05) is 16.3 Å². The molecule has 1 aromatic heterocycles. The summed E-state index contributed by atoms with van der Waals surface area (Å²) in [5, 5.41) is 6.97. The van der Waals surface area contributed by atoms with Crippen molar-refractivity contribution in [2.75, 3.05) is 5.32 Å². The number of benzene rings is 2. The van der Waals surface area contributed by atoms with E-state index in [4.69, 9.17) is 16.6 Å². The number of rotatable bonds is 3. The summed E-state index contributed by atoms with van der Waals surface area (Å²) in [5.74, 6) is 1.02. The average molecular weight is 399 g/mol. The highest BCUT2D eigenvalue weighted by molar-refractivity contribution is 6.31. The zero-order valence-corrected chi connectivity index (χ0v) is 16.6. The van der Waals surface area contributed by atoms with E-state index in [0.717, 1.165) is 22.6 Å². The van der Waals surface area contributed by atoms with Gasteiger partial charge in [-0.3, -0.25) is 9.36 Å². The summed E-state index contributed by atoms with van der Waals surface area (Å²) >= 11 is 6.15. The van der Waals surface area contributed by atoms with Crippen LogP contribution in [0, 0.1) is 12.7 Å². The Bertz CT molecular complexity index is 1070. The van der Waals surface area contributed by atoms with Crippen LogP contribution in [0.15, 0.2) is 42.5 Å². The number of fused-ring (bicyclic) bond motifs is 1. The molecule has 7 heteroatoms. The predicted molar refractivity (Wildman–Crippen MR) is 108 cm³/mol. The van der Waals surface area contributed by atoms with Gasteiger partial charge in [0.1, 0.15) is 28.7 Å². The first-order valence-corrected chi connectivity index (χ1v) is 9.34. The number of aryl methyl sites for hydroxylation is 1. The SMILES string of the molecule is Cc1cc(Nc2c(-c3ccc(F)cc3)nc3n2C(C)(C)C(=O)NC3)ccc1Cl. The molecule has 0 aliphatic carbocycles. The van der Waals surface area contributed by atoms with Crippen LogP contribution < -0.4 is 10.6 Å². The van der Waals surface area contributed by atoms with E-state index in [-0.39, 0.29) is 11.7 Å². The van der Waals surface area contributed by atoms with Crippen LogP contribution in [0.5, 0.6) is 0 Å². The molecule has 5 nitrogen and oxygen atoms in total. The molecule has 1 amide bonds. The molecule has 0 atom stereocenters. The third-order valence-electron chi connectivity index (χ3n) is 5.01. The number of nitrogens with one attached hydrogen (secondary N) is 2. The van der Waals surface area contributed by atoms with Crippen molar-refractivity contribution >= 4 is 29.0 Å². The van der Waals surface area contributed by atoms with E-state index in [2.05, 4.69) is 10.6 Å². The first-order chi connectivity index (χ1) is 13.3. The summed E-state index contributed by atoms with van der Waals surface area (Å²) in [6, 6.07) is 11.8. The molecule has 4 rings (SSSR count). The molecule has 28 heavy (non-hydrogen) atoms. The molecule has 144 valence electrons. The second kappa shape index (κ2) is 6.63. The van der Waals surface area contributed by atoms with Crippen LogP contribution in [-0.2, 0) is 16.9 Å². The normalized spacial score (nSPS) is 15.1. The second-order valence-corrected chi connectivity index (χ2v) is 7.81. The Labute approximate surface area is 167 Å². The Morgan fingerprint density at radius 3 is 2.61 bits per heavy atom. The number of anilines is 2. The highest BCUT2D eigenvalue weighted by atomic mass is 35.5. The molecule has 2 N–H and O–H groups in total. The van der Waals surface area contributed by atoms with Crippen molar-refractivity contribution in [1.29, 1.82) is 0 Å². The van der Waals surface area contributed by atoms with Crippen LogP contribution in [0.4, 0.5) is 15.9 Å². The maximum Gasteiger partial charge on any atom is 0.246 e. The second-order valence-electron chi connectivity index (χ2n) is 7.40. The van der Waals surface area contributed by atoms with Crippen molar-refractivity contribution in [2.45, 2.75) is 32.9 Å². The zero-order chi connectivity index (χ0) is 20.1. The molecule has 2 aromatic carbocycles. The molecule has 0 fully saturated rings. The number of amides is 1. The predicted octanol–water partition coefficient (Wildman–Crippen LogP) is 4.76. The summed E-state index contributed by atoms with van der Waals surface area (Å²) in [5.41, 5.74) is 2.36. The van der Waals surface area contributed by atoms with Gasteiger partial charge in [-0.1, -0.05) is 11.6 Å². The summed E-state index contributed by atoms with van der Waals surface area (Å²) in [6.45, 7) is 5.95. The minimum atomic E-state index is -0.831. The standard InChI is InChI=1S/C21H20ClFN4O/c1-12-10-15(8-9-16(12)22)25-19-18(13-4-6-14(23)7-5-13)26-17-11-24-20(28)21(2,3)27(17)19/h4-10,25H,11H2,1-3H3,(H,24,28). The van der Waals surface area contributed by atoms with E-state index >= 15 is 0 Å². The molecule has 2 heterocycles. The highest BCUT2D eigenvalue weighted by Crippen LogP contribution is 2.37. The number of imidazole rings is 1. The first-order valence-electron chi connectivity index (χ1n) is 8.97. The van der Waals surface area contributed by atoms with Crippen molar-refractivity contribution in [1.82, 2.24) is 14.9 Å². The number of hydrogen-bond donors (Lipinski definition) is 2. The Hall–Kier alpha value is -2.86. The summed E-state index contributed by atoms with van der Waals surface area (Å²) in [4.78, 5) is 17.3. The largest absolute Gasteiger partial charge is 0.347 e. The number of hydrogen-bond acceptors (Lipinski definition) is 3. The number of halogens is 2. The number of aromatic nitrogens is 2. The lowest BCUT2D eigenvalue weighted by Crippen LogP contribution is -2.49. The van der Waals surface area contributed by atoms with Crippen molar-refractivity contribution in [3.05, 3.63) is 64.7 Å². The van der Waals surface area contributed by atoms with Gasteiger partial charge in [0.05, 0.1) is 6.54 Å². The van der Waals surface area contributed by atoms with Gasteiger partial charge >= 0.3 is 0 Å². The van der Waals surface area contributed by atoms with E-state index < -0.39 is 5.54 Å². The van der Waals surface area contributed by atoms with Gasteiger partial charge in [-0.25, -0.2) is 9.37 Å². The molecule has 3 aromatic rings. The molecule has 1 aliphatic rings. The van der Waals surface area contributed by atoms with Crippen LogP contribution in [-0.4, -0.2) is 15.5 Å². The maximum absolute atomic E-state index is 13.4. The molecular weight excluding hydrogens is 379 g/mol. The number of nitrogens with zero attached hydrogens (tertiary/aromatic N) is 2. The summed E-state index contributed by atoms with van der Waals surface area (Å²) in [6.07, 6.45) is 0. The number of carbonyl (C=O) groups is 1. The monoisotopic (exact) mass is 398 g/mol. The van der Waals surface area contributed by atoms with E-state index in [1.807, 2.05) is 43.5 Å². The Balaban J connectivity index is 1.90. The molecule has 0 saturated heterocycles. The van der Waals surface area contributed by atoms with Gasteiger partial charge in [-0.05, 0) is 68.8 Å². The fourth-order valence-electron chi connectivity index (χ4n) is 3.45. The van der Waals surface area contributed by atoms with Crippen LogP contribution >= 0.6 is 11.6 Å². The average Bonchev–Trinajstić information content (AvgIpc) is 3.02. The molecule has 0 unspecified atom stereocenters. The van der Waals surface area contributed by atoms with Gasteiger partial charge in [0.2, 0.25) is 5.91 Å². The fourth-order valence-corrected chi connectivity index (χ4v) is 3.57. The molecule has 0 spiro atoms. The Morgan fingerprint density at radius 1 is 1.21 bits per heavy atom. The van der Waals surface area contributed by atoms with Crippen LogP contribution in [0.25, 0.3) is 11.3 Å². The summed E-state index contributed by atoms with van der Waals surface area (Å²) in [7, 11) is 0. The van der Waals surface area contributed by atoms with Crippen molar-refractivity contribution in [2.24, 2.45) is 0 Å². The van der Waals surface area contributed by atoms with Crippen LogP contribution in [0.3, 0.4) is 0 Å². The van der Waals surface area contributed by atoms with Crippen LogP contribution in [0.1, 0.15) is 25.2 Å². The smallest absolute Gasteiger partial charge is 0.246 e. The molecular formula is C21H20ClFN4O. The number of carbonyl (C=O) groups excluding carboxylic acids is 1. The van der Waals surface area contributed by atoms with Gasteiger partial charge in [-0.2, -0.15) is 0 Å². The lowest BCUT2D eigenvalue weighted by atomic mass is 10.0. The fraction of sp³-hybridized carbons (Fsp3) is 0.238. The Kier molecular flexibility index (Phi) is 4.38. The quantitative estimate of drug-likeness (QED) is 0.668. The van der Waals surface area contributed by atoms with Gasteiger partial charge in [0.15, 0.2) is 0 Å². The van der Waals surface area contributed by atoms with Gasteiger partial charge in [0.25, 0.3) is 0 Å². The zero-order valence-electron chi connectivity index (χ0n) is 15.8. The van der Waals surface area contributed by atoms with E-state index in [9.17, 15) is 9.18 Å². The third kappa shape index (κ3) is 3.03. The molecule has 0 saturated carbocycles. The van der Waals surface area contributed by atoms with Crippen molar-refractivity contribution < 1.29 is 9.18 Å². The topological polar surface area (TPSA) is 59.0 Å². The van der Waals surface area contributed by atoms with Gasteiger partial charge in [-0.15, -0.1) is 0 Å². The lowest BCUT2D eigenvalue weighted by molar-refractivity contribution is -0.129. The third-order valence-corrected chi connectivity index (χ3v) is 5.43. The molecule has 0 bridgehead atoms. The van der Waals surface area contributed by atoms with Gasteiger partial charge < -0.3 is 10.6 Å². The van der Waals surface area contributed by atoms with Crippen molar-refractivity contribution in [3.63, 3.8) is 0 Å². The molecule has 0 radical (unpaired) electrons. The maximum atomic E-state index is 13.4. The molecule has 1 aliphatic heterocycles. The minimum Gasteiger partial charge on any atom is -0.347 e. The van der Waals surface area contributed by atoms with E-state index in [1.54, 1.807) is 12.1 Å². The van der Waals surface area contributed by atoms with Crippen LogP contribution in [0.2, 0.25) is 5.02 Å². The summed E-state index contributed by atoms with van der Waals surface area (Å²) < 4.78 is 15.3. The lowest BCUT2D eigenvalue weighted by Gasteiger charge is -2.33.